The Morgan fingerprint density at radius 2 is 1.59 bits per heavy atom. The molecule has 4 nitrogen and oxygen atoms in total. The van der Waals surface area contributed by atoms with Crippen molar-refractivity contribution in [3.8, 4) is 0 Å². The smallest absolute Gasteiger partial charge is 0.313 e. The fourth-order valence-electron chi connectivity index (χ4n) is 1.10. The van der Waals surface area contributed by atoms with Gasteiger partial charge in [0.1, 0.15) is 5.60 Å². The number of hydrogen-bond acceptors (Lipinski definition) is 4. The molecule has 0 aromatic rings. The van der Waals surface area contributed by atoms with Gasteiger partial charge in [-0.25, -0.2) is 0 Å². The van der Waals surface area contributed by atoms with E-state index in [1.807, 2.05) is 20.8 Å². The zero-order valence-corrected chi connectivity index (χ0v) is 12.8. The van der Waals surface area contributed by atoms with E-state index in [9.17, 15) is 9.36 Å². The van der Waals surface area contributed by atoms with E-state index in [2.05, 4.69) is 0 Å². The van der Waals surface area contributed by atoms with E-state index in [1.165, 1.54) is 0 Å². The van der Waals surface area contributed by atoms with Crippen LogP contribution in [0.4, 0.5) is 0 Å². The molecule has 0 aromatic heterocycles. The van der Waals surface area contributed by atoms with E-state index in [0.717, 1.165) is 0 Å². The molecule has 0 spiro atoms. The Hall–Kier alpha value is -0.340. The average Bonchev–Trinajstić information content (AvgIpc) is 1.96. The molecule has 0 amide bonds. The van der Waals surface area contributed by atoms with Crippen LogP contribution in [-0.4, -0.2) is 36.1 Å². The van der Waals surface area contributed by atoms with Gasteiger partial charge < -0.3 is 14.0 Å². The van der Waals surface area contributed by atoms with Crippen molar-refractivity contribution in [1.29, 1.82) is 0 Å². The summed E-state index contributed by atoms with van der Waals surface area (Å²) in [7, 11) is -1.93. The minimum Gasteiger partial charge on any atom is -0.460 e. The third-order valence-electron chi connectivity index (χ3n) is 1.68. The number of ether oxygens (including phenoxy) is 2. The first-order valence-electron chi connectivity index (χ1n) is 5.87. The lowest BCUT2D eigenvalue weighted by Crippen LogP contribution is -2.25. The first kappa shape index (κ1) is 16.7. The molecule has 0 aliphatic heterocycles. The second kappa shape index (κ2) is 6.55. The van der Waals surface area contributed by atoms with Crippen LogP contribution in [-0.2, 0) is 18.8 Å². The Bertz CT molecular complexity index is 273. The van der Waals surface area contributed by atoms with Gasteiger partial charge in [0, 0.05) is 6.16 Å². The van der Waals surface area contributed by atoms with Gasteiger partial charge in [-0.05, 0) is 41.5 Å². The quantitative estimate of drug-likeness (QED) is 0.566. The number of carbonyl (C=O) groups excluding carboxylic acids is 1. The molecule has 0 aliphatic carbocycles. The predicted octanol–water partition coefficient (Wildman–Crippen LogP) is 2.70. The van der Waals surface area contributed by atoms with Gasteiger partial charge in [-0.1, -0.05) is 0 Å². The van der Waals surface area contributed by atoms with Crippen molar-refractivity contribution >= 4 is 13.8 Å². The lowest BCUT2D eigenvalue weighted by Gasteiger charge is -2.20. The molecule has 0 N–H and O–H groups in total. The van der Waals surface area contributed by atoms with Gasteiger partial charge in [-0.3, -0.25) is 4.79 Å². The Labute approximate surface area is 105 Å². The molecular weight excluding hydrogens is 239 g/mol. The van der Waals surface area contributed by atoms with Gasteiger partial charge >= 0.3 is 5.97 Å². The SMILES string of the molecule is CC(C)(C)OCC[PH](=O)CC(=O)OC(C)(C)C. The molecule has 0 radical (unpaired) electrons. The maximum atomic E-state index is 11.6. The second-order valence-electron chi connectivity index (χ2n) is 6.01. The number of carbonyl (C=O) groups is 1. The van der Waals surface area contributed by atoms with E-state index >= 15 is 0 Å². The normalized spacial score (nSPS) is 14.5. The molecule has 0 saturated heterocycles. The van der Waals surface area contributed by atoms with Crippen LogP contribution in [0.25, 0.3) is 0 Å². The van der Waals surface area contributed by atoms with Crippen LogP contribution in [0.1, 0.15) is 41.5 Å². The second-order valence-corrected chi connectivity index (χ2v) is 7.94. The molecule has 0 fully saturated rings. The van der Waals surface area contributed by atoms with E-state index in [-0.39, 0.29) is 11.8 Å². The van der Waals surface area contributed by atoms with Crippen LogP contribution in [0.3, 0.4) is 0 Å². The van der Waals surface area contributed by atoms with Crippen molar-refractivity contribution < 1.29 is 18.8 Å². The number of rotatable bonds is 5. The highest BCUT2D eigenvalue weighted by atomic mass is 31.1. The van der Waals surface area contributed by atoms with Crippen LogP contribution in [0.2, 0.25) is 0 Å². The summed E-state index contributed by atoms with van der Waals surface area (Å²) in [5.41, 5.74) is -0.741. The molecule has 5 heteroatoms. The van der Waals surface area contributed by atoms with Gasteiger partial charge in [0.2, 0.25) is 0 Å². The summed E-state index contributed by atoms with van der Waals surface area (Å²) < 4.78 is 22.2. The van der Waals surface area contributed by atoms with E-state index in [4.69, 9.17) is 9.47 Å². The van der Waals surface area contributed by atoms with Gasteiger partial charge in [0.15, 0.2) is 0 Å². The highest BCUT2D eigenvalue weighted by Crippen LogP contribution is 2.22. The molecule has 0 heterocycles. The number of esters is 1. The summed E-state index contributed by atoms with van der Waals surface area (Å²) >= 11 is 0. The van der Waals surface area contributed by atoms with Gasteiger partial charge in [0.25, 0.3) is 0 Å². The minimum atomic E-state index is -1.93. The molecular formula is C12H25O4P. The maximum Gasteiger partial charge on any atom is 0.313 e. The van der Waals surface area contributed by atoms with Crippen molar-refractivity contribution in [2.24, 2.45) is 0 Å². The lowest BCUT2D eigenvalue weighted by molar-refractivity contribution is -0.151. The van der Waals surface area contributed by atoms with Crippen molar-refractivity contribution in [3.63, 3.8) is 0 Å². The molecule has 0 rings (SSSR count). The van der Waals surface area contributed by atoms with Crippen LogP contribution < -0.4 is 0 Å². The topological polar surface area (TPSA) is 52.6 Å². The summed E-state index contributed by atoms with van der Waals surface area (Å²) in [6.07, 6.45) is 0.441. The summed E-state index contributed by atoms with van der Waals surface area (Å²) in [4.78, 5) is 11.4. The first-order valence-corrected chi connectivity index (χ1v) is 7.69. The zero-order valence-electron chi connectivity index (χ0n) is 11.8. The third kappa shape index (κ3) is 11.9. The molecule has 1 atom stereocenters. The fraction of sp³-hybridized carbons (Fsp3) is 0.917. The Morgan fingerprint density at radius 1 is 1.06 bits per heavy atom. The van der Waals surface area contributed by atoms with Crippen molar-refractivity contribution in [1.82, 2.24) is 0 Å². The predicted molar refractivity (Wildman–Crippen MR) is 70.3 cm³/mol. The fourth-order valence-corrected chi connectivity index (χ4v) is 2.00. The number of hydrogen-bond donors (Lipinski definition) is 0. The molecule has 17 heavy (non-hydrogen) atoms. The van der Waals surface area contributed by atoms with E-state index in [1.54, 1.807) is 20.8 Å². The summed E-state index contributed by atoms with van der Waals surface area (Å²) in [6.45, 7) is 11.6. The molecule has 102 valence electrons. The maximum absolute atomic E-state index is 11.6. The highest BCUT2D eigenvalue weighted by molar-refractivity contribution is 7.45. The van der Waals surface area contributed by atoms with Crippen LogP contribution in [0.5, 0.6) is 0 Å². The van der Waals surface area contributed by atoms with E-state index < -0.39 is 19.4 Å². The largest absolute Gasteiger partial charge is 0.460 e. The molecule has 0 saturated carbocycles. The monoisotopic (exact) mass is 264 g/mol. The highest BCUT2D eigenvalue weighted by Gasteiger charge is 2.18. The van der Waals surface area contributed by atoms with Crippen LogP contribution in [0.15, 0.2) is 0 Å². The standard InChI is InChI=1S/C12H25O4P/c1-11(2,3)15-7-8-17(14)9-10(13)16-12(4,5)6/h17H,7-9H2,1-6H3. The van der Waals surface area contributed by atoms with Crippen LogP contribution >= 0.6 is 7.80 Å². The van der Waals surface area contributed by atoms with Crippen molar-refractivity contribution in [2.75, 3.05) is 18.9 Å². The summed E-state index contributed by atoms with van der Waals surface area (Å²) in [5.74, 6) is -0.392. The minimum absolute atomic E-state index is 0.00936. The Kier molecular flexibility index (Phi) is 6.42. The third-order valence-corrected chi connectivity index (χ3v) is 3.12. The Balaban J connectivity index is 3.84. The van der Waals surface area contributed by atoms with Crippen molar-refractivity contribution in [2.45, 2.75) is 52.7 Å². The van der Waals surface area contributed by atoms with Gasteiger partial charge in [0.05, 0.1) is 26.2 Å². The first-order chi connectivity index (χ1) is 7.49. The van der Waals surface area contributed by atoms with Gasteiger partial charge in [-0.2, -0.15) is 0 Å². The molecule has 0 bridgehead atoms. The Morgan fingerprint density at radius 3 is 2.00 bits per heavy atom. The molecule has 0 aromatic carbocycles. The molecule has 1 unspecified atom stereocenters. The van der Waals surface area contributed by atoms with Crippen LogP contribution in [0, 0.1) is 0 Å². The summed E-state index contributed by atoms with van der Waals surface area (Å²) in [5, 5.41) is 0. The van der Waals surface area contributed by atoms with Gasteiger partial charge in [-0.15, -0.1) is 0 Å². The molecule has 0 aliphatic rings. The lowest BCUT2D eigenvalue weighted by atomic mass is 10.2. The average molecular weight is 264 g/mol. The van der Waals surface area contributed by atoms with Crippen molar-refractivity contribution in [3.05, 3.63) is 0 Å². The van der Waals surface area contributed by atoms with E-state index in [0.29, 0.717) is 12.8 Å². The zero-order chi connectivity index (χ0) is 13.7. The summed E-state index contributed by atoms with van der Waals surface area (Å²) in [6, 6.07) is 0.